The molecule has 11 N–H and O–H groups in total. The van der Waals surface area contributed by atoms with Gasteiger partial charge in [-0.2, -0.15) is 0 Å². The molecule has 2 aliphatic heterocycles. The van der Waals surface area contributed by atoms with E-state index in [1.54, 1.807) is 0 Å². The van der Waals surface area contributed by atoms with Gasteiger partial charge in [-0.3, -0.25) is 23.4 Å². The van der Waals surface area contributed by atoms with Crippen LogP contribution in [-0.4, -0.2) is 204 Å². The average molecular weight is 1400 g/mol. The van der Waals surface area contributed by atoms with Crippen LogP contribution in [0.1, 0.15) is 290 Å². The number of aliphatic hydroxyl groups is 10. The Balaban J connectivity index is 1.73. The van der Waals surface area contributed by atoms with Crippen molar-refractivity contribution in [1.29, 1.82) is 0 Å². The number of allylic oxidation sites excluding steroid dienone is 2. The summed E-state index contributed by atoms with van der Waals surface area (Å²) in [6.45, 7) is 3.43. The number of unbranched alkanes of at least 4 members (excludes halogenated alkanes) is 35. The summed E-state index contributed by atoms with van der Waals surface area (Å²) >= 11 is 0. The molecular weight excluding hydrogens is 1270 g/mol. The molecule has 0 aromatic rings. The Labute approximate surface area is 573 Å². The van der Waals surface area contributed by atoms with Crippen molar-refractivity contribution in [2.75, 3.05) is 26.4 Å². The molecule has 0 spiro atoms. The fourth-order valence-electron chi connectivity index (χ4n) is 12.4. The summed E-state index contributed by atoms with van der Waals surface area (Å²) in [5, 5.41) is 110. The molecule has 3 rings (SSSR count). The highest BCUT2D eigenvalue weighted by molar-refractivity contribution is 7.47. The smallest absolute Gasteiger partial charge is 0.463 e. The van der Waals surface area contributed by atoms with Crippen LogP contribution in [-0.2, 0) is 61.2 Å². The van der Waals surface area contributed by atoms with E-state index in [0.29, 0.717) is 19.3 Å². The summed E-state index contributed by atoms with van der Waals surface area (Å²) in [5.74, 6) is -1.99. The van der Waals surface area contributed by atoms with Gasteiger partial charge in [-0.25, -0.2) is 4.57 Å². The molecule has 1 aliphatic carbocycles. The second kappa shape index (κ2) is 53.5. The zero-order chi connectivity index (χ0) is 70.4. The molecule has 25 heteroatoms. The molecule has 24 nitrogen and oxygen atoms in total. The highest BCUT2D eigenvalue weighted by Crippen LogP contribution is 2.49. The van der Waals surface area contributed by atoms with E-state index < -0.39 is 156 Å². The van der Waals surface area contributed by atoms with E-state index in [0.717, 1.165) is 116 Å². The Hall–Kier alpha value is -2.30. The maximum Gasteiger partial charge on any atom is 0.472 e. The van der Waals surface area contributed by atoms with Crippen LogP contribution in [0.2, 0.25) is 0 Å². The summed E-state index contributed by atoms with van der Waals surface area (Å²) in [7, 11) is -5.69. The number of phosphoric acid groups is 1. The molecule has 564 valence electrons. The summed E-state index contributed by atoms with van der Waals surface area (Å²) in [6.07, 6.45) is 11.4. The first-order chi connectivity index (χ1) is 46.3. The van der Waals surface area contributed by atoms with E-state index in [2.05, 4.69) is 32.9 Å². The number of aliphatic hydroxyl groups excluding tert-OH is 10. The number of phosphoric ester groups is 1. The van der Waals surface area contributed by atoms with Gasteiger partial charge in [0.1, 0.15) is 98.7 Å². The van der Waals surface area contributed by atoms with Crippen LogP contribution < -0.4 is 0 Å². The van der Waals surface area contributed by atoms with Crippen molar-refractivity contribution in [2.24, 2.45) is 0 Å². The fourth-order valence-corrected chi connectivity index (χ4v) is 13.4. The van der Waals surface area contributed by atoms with Crippen LogP contribution in [0.3, 0.4) is 0 Å². The second-order valence-electron chi connectivity index (χ2n) is 27.0. The van der Waals surface area contributed by atoms with Gasteiger partial charge in [-0.15, -0.1) is 0 Å². The van der Waals surface area contributed by atoms with Gasteiger partial charge in [0.25, 0.3) is 0 Å². The SMILES string of the molecule is CCCCCC/C=C\CCCCCCCCCC(=O)OC(COC(=O)CCCCCCCCCCCCC)COP(=O)(O)OC1C(OC2OC(CO)C(O)C(O)C2O)C(O)C(O)C(O)C1OC1OC(COC(=O)CCCCCCCCCCCCCCCCC)C(O)C(O)C1O. The first-order valence-electron chi connectivity index (χ1n) is 37.5. The molecule has 0 radical (unpaired) electrons. The number of carbonyl (C=O) groups excluding carboxylic acids is 3. The van der Waals surface area contributed by atoms with Crippen molar-refractivity contribution >= 4 is 25.7 Å². The third-order valence-corrected chi connectivity index (χ3v) is 19.5. The number of carbonyl (C=O) groups is 3. The van der Waals surface area contributed by atoms with Crippen LogP contribution in [0.15, 0.2) is 12.2 Å². The van der Waals surface area contributed by atoms with Gasteiger partial charge in [0.2, 0.25) is 0 Å². The Morgan fingerprint density at radius 3 is 1.14 bits per heavy atom. The lowest BCUT2D eigenvalue weighted by molar-refractivity contribution is -0.360. The van der Waals surface area contributed by atoms with Crippen molar-refractivity contribution in [3.8, 4) is 0 Å². The lowest BCUT2D eigenvalue weighted by atomic mass is 9.84. The average Bonchev–Trinajstić information content (AvgIpc) is 0.765. The van der Waals surface area contributed by atoms with Crippen LogP contribution in [0.25, 0.3) is 0 Å². The lowest BCUT2D eigenvalue weighted by Crippen LogP contribution is -2.69. The van der Waals surface area contributed by atoms with Gasteiger partial charge in [-0.1, -0.05) is 238 Å². The minimum absolute atomic E-state index is 0.0326. The van der Waals surface area contributed by atoms with E-state index in [-0.39, 0.29) is 19.3 Å². The predicted molar refractivity (Wildman–Crippen MR) is 361 cm³/mol. The Morgan fingerprint density at radius 2 is 0.729 bits per heavy atom. The number of hydrogen-bond donors (Lipinski definition) is 11. The van der Waals surface area contributed by atoms with Gasteiger partial charge in [0, 0.05) is 19.3 Å². The van der Waals surface area contributed by atoms with Crippen LogP contribution >= 0.6 is 7.82 Å². The van der Waals surface area contributed by atoms with E-state index >= 15 is 0 Å². The monoisotopic (exact) mass is 1400 g/mol. The van der Waals surface area contributed by atoms with Crippen molar-refractivity contribution in [3.63, 3.8) is 0 Å². The van der Waals surface area contributed by atoms with Crippen molar-refractivity contribution in [1.82, 2.24) is 0 Å². The molecular formula is C71H131O24P. The third kappa shape index (κ3) is 36.5. The van der Waals surface area contributed by atoms with E-state index in [9.17, 15) is 74.9 Å². The molecule has 0 aromatic heterocycles. The summed E-state index contributed by atoms with van der Waals surface area (Å²) in [6, 6.07) is 0. The quantitative estimate of drug-likeness (QED) is 0.00886. The third-order valence-electron chi connectivity index (χ3n) is 18.5. The second-order valence-corrected chi connectivity index (χ2v) is 28.4. The Morgan fingerprint density at radius 1 is 0.396 bits per heavy atom. The molecule has 18 atom stereocenters. The van der Waals surface area contributed by atoms with Gasteiger partial charge in [0.15, 0.2) is 18.7 Å². The van der Waals surface area contributed by atoms with Crippen LogP contribution in [0, 0.1) is 0 Å². The normalized spacial score (nSPS) is 28.0. The molecule has 96 heavy (non-hydrogen) atoms. The molecule has 3 aliphatic rings. The van der Waals surface area contributed by atoms with E-state index in [1.807, 2.05) is 0 Å². The molecule has 0 aromatic carbocycles. The lowest BCUT2D eigenvalue weighted by Gasteiger charge is -2.49. The first-order valence-corrected chi connectivity index (χ1v) is 39.0. The van der Waals surface area contributed by atoms with Gasteiger partial charge >= 0.3 is 25.7 Å². The molecule has 2 heterocycles. The van der Waals surface area contributed by atoms with Crippen LogP contribution in [0.4, 0.5) is 0 Å². The van der Waals surface area contributed by atoms with Gasteiger partial charge in [-0.05, 0) is 44.9 Å². The highest BCUT2D eigenvalue weighted by atomic mass is 31.2. The maximum atomic E-state index is 14.3. The van der Waals surface area contributed by atoms with Crippen molar-refractivity contribution in [2.45, 2.75) is 395 Å². The molecule has 3 fully saturated rings. The number of hydrogen-bond acceptors (Lipinski definition) is 23. The van der Waals surface area contributed by atoms with E-state index in [1.165, 1.54) is 116 Å². The van der Waals surface area contributed by atoms with Crippen LogP contribution in [0.5, 0.6) is 0 Å². The molecule has 1 saturated carbocycles. The summed E-state index contributed by atoms with van der Waals surface area (Å²) in [4.78, 5) is 50.9. The number of rotatable bonds is 58. The molecule has 0 amide bonds. The summed E-state index contributed by atoms with van der Waals surface area (Å²) in [5.41, 5.74) is 0. The maximum absolute atomic E-state index is 14.3. The largest absolute Gasteiger partial charge is 0.472 e. The number of ether oxygens (including phenoxy) is 7. The first kappa shape index (κ1) is 87.9. The fraction of sp³-hybridized carbons (Fsp3) is 0.930. The Bertz CT molecular complexity index is 2040. The molecule has 2 saturated heterocycles. The minimum atomic E-state index is -5.69. The van der Waals surface area contributed by atoms with Crippen molar-refractivity contribution < 1.29 is 117 Å². The Kier molecular flexibility index (Phi) is 49.0. The van der Waals surface area contributed by atoms with E-state index in [4.69, 9.17) is 42.2 Å². The zero-order valence-corrected chi connectivity index (χ0v) is 59.6. The van der Waals surface area contributed by atoms with Gasteiger partial charge in [0.05, 0.1) is 13.2 Å². The van der Waals surface area contributed by atoms with Gasteiger partial charge < -0.3 is 89.1 Å². The summed E-state index contributed by atoms with van der Waals surface area (Å²) < 4.78 is 65.0. The zero-order valence-electron chi connectivity index (χ0n) is 58.7. The predicted octanol–water partition coefficient (Wildman–Crippen LogP) is 9.96. The standard InChI is InChI=1S/C71H131O24P/c1-4-7-10-13-16-19-22-24-26-28-31-34-37-40-43-46-56(74)88-51-54-59(77)61(79)66(84)71(92-54)94-68-64(82)62(80)63(81)67(93-70-65(83)60(78)58(76)53(48-72)91-70)69(68)95-96(85,86)89-50-52(49-87-55(73)45-42-39-36-33-30-21-18-15-12-9-6-3)90-57(75)47-44-41-38-35-32-29-27-25-23-20-17-14-11-8-5-2/h20,23,52-54,58-72,76-84H,4-19,21-22,24-51H2,1-3H3,(H,85,86)/b23-20-. The minimum Gasteiger partial charge on any atom is -0.463 e. The molecule has 18 unspecified atom stereocenters. The highest BCUT2D eigenvalue weighted by Gasteiger charge is 2.58. The topological polar surface area (TPSA) is 374 Å². The molecule has 0 bridgehead atoms. The number of esters is 3. The van der Waals surface area contributed by atoms with Crippen molar-refractivity contribution in [3.05, 3.63) is 12.2 Å².